The van der Waals surface area contributed by atoms with Gasteiger partial charge in [0.1, 0.15) is 0 Å². The van der Waals surface area contributed by atoms with Crippen LogP contribution in [0.3, 0.4) is 0 Å². The van der Waals surface area contributed by atoms with Crippen LogP contribution >= 0.6 is 0 Å². The lowest BCUT2D eigenvalue weighted by Crippen LogP contribution is -2.54. The number of carbonyl (C=O) groups is 2. The van der Waals surface area contributed by atoms with Gasteiger partial charge in [-0.05, 0) is 19.3 Å². The van der Waals surface area contributed by atoms with Crippen LogP contribution in [0.4, 0.5) is 0 Å². The summed E-state index contributed by atoms with van der Waals surface area (Å²) in [6.07, 6.45) is 2.95. The molecule has 114 valence electrons. The van der Waals surface area contributed by atoms with Crippen molar-refractivity contribution in [2.24, 2.45) is 0 Å². The zero-order chi connectivity index (χ0) is 14.4. The summed E-state index contributed by atoms with van der Waals surface area (Å²) in [5.41, 5.74) is 0. The highest BCUT2D eigenvalue weighted by Crippen LogP contribution is 2.14. The van der Waals surface area contributed by atoms with Gasteiger partial charge in [0.05, 0.1) is 6.10 Å². The third-order valence-corrected chi connectivity index (χ3v) is 3.81. The Morgan fingerprint density at radius 1 is 1.15 bits per heavy atom. The SMILES string of the molecule is CCCOC1CCCN(C(=O)C(=O)N2CCNCC2)C1. The monoisotopic (exact) mass is 283 g/mol. The lowest BCUT2D eigenvalue weighted by atomic mass is 10.1. The number of ether oxygens (including phenoxy) is 1. The standard InChI is InChI=1S/C14H25N3O3/c1-2-10-20-12-4-3-7-17(11-12)14(19)13(18)16-8-5-15-6-9-16/h12,15H,2-11H2,1H3. The molecule has 0 aromatic carbocycles. The second-order valence-corrected chi connectivity index (χ2v) is 5.43. The average Bonchev–Trinajstić information content (AvgIpc) is 2.52. The Bertz CT molecular complexity index is 343. The number of rotatable bonds is 3. The summed E-state index contributed by atoms with van der Waals surface area (Å²) in [7, 11) is 0. The van der Waals surface area contributed by atoms with Crippen molar-refractivity contribution in [2.45, 2.75) is 32.3 Å². The van der Waals surface area contributed by atoms with E-state index < -0.39 is 0 Å². The number of nitrogens with zero attached hydrogens (tertiary/aromatic N) is 2. The Balaban J connectivity index is 1.85. The lowest BCUT2D eigenvalue weighted by Gasteiger charge is -2.34. The molecule has 2 aliphatic rings. The first-order valence-electron chi connectivity index (χ1n) is 7.63. The highest BCUT2D eigenvalue weighted by Gasteiger charge is 2.31. The molecule has 20 heavy (non-hydrogen) atoms. The lowest BCUT2D eigenvalue weighted by molar-refractivity contribution is -0.154. The second-order valence-electron chi connectivity index (χ2n) is 5.43. The van der Waals surface area contributed by atoms with Crippen molar-refractivity contribution in [1.29, 1.82) is 0 Å². The van der Waals surface area contributed by atoms with Crippen molar-refractivity contribution >= 4 is 11.8 Å². The van der Waals surface area contributed by atoms with Crippen LogP contribution < -0.4 is 5.32 Å². The number of likely N-dealkylation sites (tertiary alicyclic amines) is 1. The molecule has 0 bridgehead atoms. The molecule has 1 unspecified atom stereocenters. The second kappa shape index (κ2) is 7.59. The van der Waals surface area contributed by atoms with E-state index in [0.717, 1.165) is 39.0 Å². The molecule has 2 fully saturated rings. The van der Waals surface area contributed by atoms with E-state index in [0.29, 0.717) is 26.2 Å². The van der Waals surface area contributed by atoms with Gasteiger partial charge >= 0.3 is 11.8 Å². The third kappa shape index (κ3) is 3.93. The minimum absolute atomic E-state index is 0.0865. The van der Waals surface area contributed by atoms with Crippen LogP contribution in [0.25, 0.3) is 0 Å². The number of hydrogen-bond donors (Lipinski definition) is 1. The average molecular weight is 283 g/mol. The molecule has 6 heteroatoms. The molecule has 2 aliphatic heterocycles. The molecule has 0 aliphatic carbocycles. The first-order chi connectivity index (χ1) is 9.72. The van der Waals surface area contributed by atoms with Gasteiger partial charge in [-0.25, -0.2) is 0 Å². The van der Waals surface area contributed by atoms with E-state index >= 15 is 0 Å². The first-order valence-corrected chi connectivity index (χ1v) is 7.63. The predicted octanol–water partition coefficient (Wildman–Crippen LogP) is -0.164. The minimum Gasteiger partial charge on any atom is -0.376 e. The molecule has 2 rings (SSSR count). The largest absolute Gasteiger partial charge is 0.376 e. The summed E-state index contributed by atoms with van der Waals surface area (Å²) in [4.78, 5) is 27.8. The summed E-state index contributed by atoms with van der Waals surface area (Å²) in [6.45, 7) is 6.78. The van der Waals surface area contributed by atoms with Gasteiger partial charge in [0, 0.05) is 45.9 Å². The van der Waals surface area contributed by atoms with Crippen molar-refractivity contribution in [1.82, 2.24) is 15.1 Å². The summed E-state index contributed by atoms with van der Waals surface area (Å²) < 4.78 is 5.71. The van der Waals surface area contributed by atoms with Crippen molar-refractivity contribution in [3.8, 4) is 0 Å². The Hall–Kier alpha value is -1.14. The maximum absolute atomic E-state index is 12.3. The Morgan fingerprint density at radius 3 is 2.55 bits per heavy atom. The number of carbonyl (C=O) groups excluding carboxylic acids is 2. The highest BCUT2D eigenvalue weighted by atomic mass is 16.5. The molecule has 0 saturated carbocycles. The predicted molar refractivity (Wildman–Crippen MR) is 75.3 cm³/mol. The van der Waals surface area contributed by atoms with Crippen LogP contribution in [0, 0.1) is 0 Å². The number of amides is 2. The van der Waals surface area contributed by atoms with Crippen LogP contribution in [0.2, 0.25) is 0 Å². The van der Waals surface area contributed by atoms with Crippen molar-refractivity contribution in [3.63, 3.8) is 0 Å². The number of piperidine rings is 1. The van der Waals surface area contributed by atoms with Crippen LogP contribution in [0.15, 0.2) is 0 Å². The first kappa shape index (κ1) is 15.3. The topological polar surface area (TPSA) is 61.9 Å². The molecule has 0 spiro atoms. The van der Waals surface area contributed by atoms with Crippen molar-refractivity contribution < 1.29 is 14.3 Å². The molecular weight excluding hydrogens is 258 g/mol. The normalized spacial score (nSPS) is 23.8. The molecule has 1 N–H and O–H groups in total. The minimum atomic E-state index is -0.364. The van der Waals surface area contributed by atoms with E-state index in [1.54, 1.807) is 9.80 Å². The van der Waals surface area contributed by atoms with E-state index in [1.807, 2.05) is 0 Å². The Morgan fingerprint density at radius 2 is 1.85 bits per heavy atom. The Labute approximate surface area is 120 Å². The van der Waals surface area contributed by atoms with Crippen LogP contribution in [0.1, 0.15) is 26.2 Å². The Kier molecular flexibility index (Phi) is 5.79. The maximum Gasteiger partial charge on any atom is 0.312 e. The highest BCUT2D eigenvalue weighted by molar-refractivity contribution is 6.34. The van der Waals surface area contributed by atoms with Gasteiger partial charge in [-0.3, -0.25) is 9.59 Å². The van der Waals surface area contributed by atoms with Crippen molar-refractivity contribution in [3.05, 3.63) is 0 Å². The zero-order valence-electron chi connectivity index (χ0n) is 12.3. The number of hydrogen-bond acceptors (Lipinski definition) is 4. The number of piperazine rings is 1. The van der Waals surface area contributed by atoms with Gasteiger partial charge < -0.3 is 19.9 Å². The zero-order valence-corrected chi connectivity index (χ0v) is 12.3. The third-order valence-electron chi connectivity index (χ3n) is 3.81. The number of nitrogens with one attached hydrogen (secondary N) is 1. The van der Waals surface area contributed by atoms with Crippen molar-refractivity contribution in [2.75, 3.05) is 45.9 Å². The fourth-order valence-corrected chi connectivity index (χ4v) is 2.68. The fourth-order valence-electron chi connectivity index (χ4n) is 2.68. The van der Waals surface area contributed by atoms with Gasteiger partial charge in [0.25, 0.3) is 0 Å². The van der Waals surface area contributed by atoms with Crippen LogP contribution in [-0.2, 0) is 14.3 Å². The van der Waals surface area contributed by atoms with E-state index in [1.165, 1.54) is 0 Å². The van der Waals surface area contributed by atoms with E-state index in [-0.39, 0.29) is 17.9 Å². The molecular formula is C14H25N3O3. The summed E-state index contributed by atoms with van der Waals surface area (Å²) >= 11 is 0. The maximum atomic E-state index is 12.3. The molecule has 1 atom stereocenters. The molecule has 6 nitrogen and oxygen atoms in total. The van der Waals surface area contributed by atoms with Gasteiger partial charge in [-0.2, -0.15) is 0 Å². The quantitative estimate of drug-likeness (QED) is 0.731. The smallest absolute Gasteiger partial charge is 0.312 e. The molecule has 0 radical (unpaired) electrons. The van der Waals surface area contributed by atoms with E-state index in [4.69, 9.17) is 4.74 Å². The van der Waals surface area contributed by atoms with Gasteiger partial charge in [0.15, 0.2) is 0 Å². The van der Waals surface area contributed by atoms with E-state index in [2.05, 4.69) is 12.2 Å². The summed E-state index contributed by atoms with van der Waals surface area (Å²) in [5.74, 6) is -0.723. The fraction of sp³-hybridized carbons (Fsp3) is 0.857. The molecule has 0 aromatic rings. The summed E-state index contributed by atoms with van der Waals surface area (Å²) in [6, 6.07) is 0. The van der Waals surface area contributed by atoms with Gasteiger partial charge in [0.2, 0.25) is 0 Å². The molecule has 2 amide bonds. The van der Waals surface area contributed by atoms with Gasteiger partial charge in [-0.1, -0.05) is 6.92 Å². The van der Waals surface area contributed by atoms with Crippen LogP contribution in [-0.4, -0.2) is 73.6 Å². The molecule has 2 heterocycles. The summed E-state index contributed by atoms with van der Waals surface area (Å²) in [5, 5.41) is 3.18. The molecule has 0 aromatic heterocycles. The van der Waals surface area contributed by atoms with Gasteiger partial charge in [-0.15, -0.1) is 0 Å². The van der Waals surface area contributed by atoms with E-state index in [9.17, 15) is 9.59 Å². The van der Waals surface area contributed by atoms with Crippen LogP contribution in [0.5, 0.6) is 0 Å². The molecule has 2 saturated heterocycles.